The number of thioether (sulfide) groups is 1. The van der Waals surface area contributed by atoms with Gasteiger partial charge in [0.05, 0.1) is 0 Å². The van der Waals surface area contributed by atoms with Gasteiger partial charge in [-0.25, -0.2) is 0 Å². The van der Waals surface area contributed by atoms with Gasteiger partial charge in [0.2, 0.25) is 0 Å². The Hall–Kier alpha value is -1.27. The number of oxime groups is 1. The van der Waals surface area contributed by atoms with E-state index in [0.29, 0.717) is 11.5 Å². The van der Waals surface area contributed by atoms with Gasteiger partial charge in [0.15, 0.2) is 0 Å². The molecule has 17 heavy (non-hydrogen) atoms. The molecule has 0 spiro atoms. The van der Waals surface area contributed by atoms with E-state index in [4.69, 9.17) is 0 Å². The minimum atomic E-state index is -3.81. The van der Waals surface area contributed by atoms with Crippen molar-refractivity contribution in [2.24, 2.45) is 5.16 Å². The molecule has 0 atom stereocenters. The second-order valence-electron chi connectivity index (χ2n) is 3.44. The number of aryl methyl sites for hydroxylation is 1. The molecule has 1 aliphatic rings. The number of hydrogen-bond acceptors (Lipinski definition) is 5. The number of hydrogen-bond donors (Lipinski definition) is 0. The third-order valence-electron chi connectivity index (χ3n) is 2.08. The first kappa shape index (κ1) is 12.2. The predicted molar refractivity (Wildman–Crippen MR) is 66.9 cm³/mol. The fourth-order valence-corrected chi connectivity index (χ4v) is 2.51. The zero-order valence-corrected chi connectivity index (χ0v) is 10.7. The first-order valence-corrected chi connectivity index (χ1v) is 7.16. The summed E-state index contributed by atoms with van der Waals surface area (Å²) in [4.78, 5) is 0.104. The van der Waals surface area contributed by atoms with Gasteiger partial charge in [0.25, 0.3) is 0 Å². The van der Waals surface area contributed by atoms with Gasteiger partial charge in [-0.15, -0.1) is 0 Å². The SMILES string of the molecule is Cc1ccc(S(=O)(=O)ON=C2C[C]=CS2)cc1. The van der Waals surface area contributed by atoms with E-state index in [1.165, 1.54) is 23.9 Å². The lowest BCUT2D eigenvalue weighted by Crippen LogP contribution is -2.03. The normalized spacial score (nSPS) is 17.6. The highest BCUT2D eigenvalue weighted by molar-refractivity contribution is 8.16. The van der Waals surface area contributed by atoms with Crippen LogP contribution in [0.1, 0.15) is 12.0 Å². The minimum absolute atomic E-state index is 0.104. The van der Waals surface area contributed by atoms with Crippen molar-refractivity contribution in [3.8, 4) is 0 Å². The van der Waals surface area contributed by atoms with Crippen molar-refractivity contribution in [1.29, 1.82) is 0 Å². The van der Waals surface area contributed by atoms with Crippen molar-refractivity contribution in [2.45, 2.75) is 18.2 Å². The van der Waals surface area contributed by atoms with Crippen LogP contribution in [0, 0.1) is 13.0 Å². The molecule has 0 N–H and O–H groups in total. The van der Waals surface area contributed by atoms with Crippen LogP contribution in [0.2, 0.25) is 0 Å². The minimum Gasteiger partial charge on any atom is -0.264 e. The molecule has 6 heteroatoms. The lowest BCUT2D eigenvalue weighted by molar-refractivity contribution is 0.339. The fraction of sp³-hybridized carbons (Fsp3) is 0.182. The summed E-state index contributed by atoms with van der Waals surface area (Å²) in [5.41, 5.74) is 0.986. The third kappa shape index (κ3) is 3.10. The molecule has 0 saturated carbocycles. The zero-order chi connectivity index (χ0) is 12.3. The maximum atomic E-state index is 11.7. The molecule has 89 valence electrons. The predicted octanol–water partition coefficient (Wildman–Crippen LogP) is 2.47. The quantitative estimate of drug-likeness (QED) is 0.790. The van der Waals surface area contributed by atoms with Gasteiger partial charge < -0.3 is 0 Å². The van der Waals surface area contributed by atoms with Gasteiger partial charge in [-0.05, 0) is 30.5 Å². The summed E-state index contributed by atoms with van der Waals surface area (Å²) < 4.78 is 28.1. The first-order valence-electron chi connectivity index (χ1n) is 4.87. The number of benzene rings is 1. The van der Waals surface area contributed by atoms with Gasteiger partial charge in [-0.1, -0.05) is 34.6 Å². The topological polar surface area (TPSA) is 55.7 Å². The summed E-state index contributed by atoms with van der Waals surface area (Å²) >= 11 is 1.31. The fourth-order valence-electron chi connectivity index (χ4n) is 1.17. The summed E-state index contributed by atoms with van der Waals surface area (Å²) in [6.45, 7) is 1.88. The maximum Gasteiger partial charge on any atom is 0.358 e. The molecule has 1 aromatic rings. The molecule has 1 heterocycles. The molecule has 0 amide bonds. The van der Waals surface area contributed by atoms with Crippen molar-refractivity contribution in [3.05, 3.63) is 41.3 Å². The lowest BCUT2D eigenvalue weighted by Gasteiger charge is -2.02. The summed E-state index contributed by atoms with van der Waals surface area (Å²) in [7, 11) is -3.81. The Morgan fingerprint density at radius 3 is 2.65 bits per heavy atom. The molecule has 1 aliphatic heterocycles. The van der Waals surface area contributed by atoms with Crippen LogP contribution in [0.15, 0.2) is 39.7 Å². The van der Waals surface area contributed by atoms with Crippen LogP contribution >= 0.6 is 11.8 Å². The largest absolute Gasteiger partial charge is 0.358 e. The highest BCUT2D eigenvalue weighted by Crippen LogP contribution is 2.19. The molecular weight excluding hydrogens is 258 g/mol. The molecule has 0 unspecified atom stereocenters. The van der Waals surface area contributed by atoms with E-state index in [9.17, 15) is 8.42 Å². The van der Waals surface area contributed by atoms with Crippen LogP contribution in [0.5, 0.6) is 0 Å². The highest BCUT2D eigenvalue weighted by atomic mass is 32.2. The molecule has 0 saturated heterocycles. The van der Waals surface area contributed by atoms with Crippen molar-refractivity contribution in [2.75, 3.05) is 0 Å². The summed E-state index contributed by atoms with van der Waals surface area (Å²) in [5.74, 6) is 0. The molecular formula is C11H10NO3S2. The smallest absolute Gasteiger partial charge is 0.264 e. The van der Waals surface area contributed by atoms with Gasteiger partial charge in [0.1, 0.15) is 9.94 Å². The van der Waals surface area contributed by atoms with E-state index < -0.39 is 10.1 Å². The van der Waals surface area contributed by atoms with Crippen LogP contribution in [0.4, 0.5) is 0 Å². The molecule has 1 aromatic carbocycles. The van der Waals surface area contributed by atoms with Crippen LogP contribution in [-0.4, -0.2) is 13.5 Å². The van der Waals surface area contributed by atoms with Gasteiger partial charge in [0, 0.05) is 6.42 Å². The first-order chi connectivity index (χ1) is 8.08. The molecule has 0 bridgehead atoms. The Bertz CT molecular complexity index is 549. The van der Waals surface area contributed by atoms with Crippen molar-refractivity contribution in [3.63, 3.8) is 0 Å². The summed E-state index contributed by atoms with van der Waals surface area (Å²) in [6.07, 6.45) is 3.38. The Morgan fingerprint density at radius 2 is 2.06 bits per heavy atom. The van der Waals surface area contributed by atoms with E-state index in [1.54, 1.807) is 17.5 Å². The van der Waals surface area contributed by atoms with Crippen LogP contribution in [-0.2, 0) is 14.4 Å². The van der Waals surface area contributed by atoms with Crippen molar-refractivity contribution >= 4 is 26.9 Å². The van der Waals surface area contributed by atoms with Crippen LogP contribution in [0.25, 0.3) is 0 Å². The number of nitrogens with zero attached hydrogens (tertiary/aromatic N) is 1. The summed E-state index contributed by atoms with van der Waals surface area (Å²) in [6, 6.07) is 6.42. The molecule has 2 rings (SSSR count). The molecule has 0 aliphatic carbocycles. The second kappa shape index (κ2) is 4.93. The van der Waals surface area contributed by atoms with E-state index in [0.717, 1.165) is 5.56 Å². The Balaban J connectivity index is 2.14. The lowest BCUT2D eigenvalue weighted by atomic mass is 10.2. The number of allylic oxidation sites excluding steroid dienone is 1. The highest BCUT2D eigenvalue weighted by Gasteiger charge is 2.16. The Morgan fingerprint density at radius 1 is 1.35 bits per heavy atom. The average molecular weight is 268 g/mol. The van der Waals surface area contributed by atoms with E-state index in [-0.39, 0.29) is 4.90 Å². The van der Waals surface area contributed by atoms with Crippen molar-refractivity contribution in [1.82, 2.24) is 0 Å². The summed E-state index contributed by atoms with van der Waals surface area (Å²) in [5, 5.41) is 5.90. The van der Waals surface area contributed by atoms with E-state index in [2.05, 4.69) is 15.5 Å². The van der Waals surface area contributed by atoms with Crippen molar-refractivity contribution < 1.29 is 12.7 Å². The molecule has 4 nitrogen and oxygen atoms in total. The Labute approximate surface area is 104 Å². The van der Waals surface area contributed by atoms with E-state index in [1.807, 2.05) is 6.92 Å². The van der Waals surface area contributed by atoms with Gasteiger partial charge in [-0.2, -0.15) is 8.42 Å². The molecule has 0 aromatic heterocycles. The van der Waals surface area contributed by atoms with Crippen LogP contribution in [0.3, 0.4) is 0 Å². The van der Waals surface area contributed by atoms with Gasteiger partial charge >= 0.3 is 10.1 Å². The molecule has 1 radical (unpaired) electrons. The van der Waals surface area contributed by atoms with E-state index >= 15 is 0 Å². The second-order valence-corrected chi connectivity index (χ2v) is 5.91. The average Bonchev–Trinajstić information content (AvgIpc) is 2.80. The maximum absolute atomic E-state index is 11.7. The van der Waals surface area contributed by atoms with Crippen LogP contribution < -0.4 is 0 Å². The number of rotatable bonds is 3. The molecule has 0 fully saturated rings. The van der Waals surface area contributed by atoms with Gasteiger partial charge in [-0.3, -0.25) is 4.28 Å². The standard InChI is InChI=1S/C11H10NO3S2/c1-9-4-6-10(7-5-9)17(13,14)15-12-11-3-2-8-16-11/h4-8H,3H2,1H3. The Kier molecular flexibility index (Phi) is 3.54. The zero-order valence-electron chi connectivity index (χ0n) is 9.08. The monoisotopic (exact) mass is 268 g/mol. The third-order valence-corrected chi connectivity index (χ3v) is 3.97.